The van der Waals surface area contributed by atoms with Crippen LogP contribution in [0.1, 0.15) is 50.7 Å². The van der Waals surface area contributed by atoms with Crippen molar-refractivity contribution in [3.63, 3.8) is 0 Å². The van der Waals surface area contributed by atoms with Crippen LogP contribution < -0.4 is 26.4 Å². The molecule has 332 valence electrons. The van der Waals surface area contributed by atoms with Gasteiger partial charge in [0.1, 0.15) is 22.7 Å². The minimum Gasteiger partial charge on any atom is -0.484 e. The summed E-state index contributed by atoms with van der Waals surface area (Å²) in [6, 6.07) is 25.7. The second kappa shape index (κ2) is 17.7. The van der Waals surface area contributed by atoms with Crippen LogP contribution in [0.25, 0.3) is 20.8 Å². The van der Waals surface area contributed by atoms with Crippen molar-refractivity contribution < 1.29 is 38.7 Å². The highest BCUT2D eigenvalue weighted by molar-refractivity contribution is 9.10. The van der Waals surface area contributed by atoms with Crippen molar-refractivity contribution in [2.75, 3.05) is 40.5 Å². The molecule has 16 nitrogen and oxygen atoms in total. The van der Waals surface area contributed by atoms with Crippen molar-refractivity contribution in [3.05, 3.63) is 123 Å². The van der Waals surface area contributed by atoms with E-state index in [1.807, 2.05) is 54.6 Å². The van der Waals surface area contributed by atoms with E-state index in [1.165, 1.54) is 16.2 Å². The Morgan fingerprint density at radius 3 is 1.69 bits per heavy atom. The minimum atomic E-state index is -1.49. The van der Waals surface area contributed by atoms with Crippen molar-refractivity contribution in [1.29, 1.82) is 0 Å². The molecule has 2 saturated heterocycles. The van der Waals surface area contributed by atoms with E-state index < -0.39 is 29.8 Å². The molecular weight excluding hydrogens is 883 g/mol. The molecule has 4 aromatic carbocycles. The zero-order valence-electron chi connectivity index (χ0n) is 36.0. The van der Waals surface area contributed by atoms with Crippen LogP contribution in [-0.2, 0) is 30.6 Å². The molecule has 0 aromatic heterocycles. The van der Waals surface area contributed by atoms with Crippen molar-refractivity contribution in [2.45, 2.75) is 62.2 Å². The Bertz CT molecular complexity index is 2560. The second-order valence-corrected chi connectivity index (χ2v) is 17.6. The number of nitrogens with zero attached hydrogens (tertiary/aromatic N) is 6. The number of hydrogen-bond acceptors (Lipinski definition) is 14. The van der Waals surface area contributed by atoms with Crippen LogP contribution in [0.4, 0.5) is 11.4 Å². The molecule has 6 atom stereocenters. The van der Waals surface area contributed by atoms with Gasteiger partial charge in [-0.25, -0.2) is 39.5 Å². The first-order valence-electron chi connectivity index (χ1n) is 21.0. The van der Waals surface area contributed by atoms with E-state index in [0.29, 0.717) is 42.0 Å². The fourth-order valence-corrected chi connectivity index (χ4v) is 9.64. The van der Waals surface area contributed by atoms with E-state index in [4.69, 9.17) is 73.3 Å². The van der Waals surface area contributed by atoms with Crippen molar-refractivity contribution in [1.82, 2.24) is 10.1 Å². The molecule has 6 N–H and O–H groups in total. The molecule has 6 heterocycles. The van der Waals surface area contributed by atoms with Gasteiger partial charge in [0.25, 0.3) is 0 Å². The van der Waals surface area contributed by atoms with E-state index in [0.717, 1.165) is 77.1 Å². The summed E-state index contributed by atoms with van der Waals surface area (Å²) in [6.07, 6.45) is 3.66. The first kappa shape index (κ1) is 44.9. The Balaban J connectivity index is 0.000000145. The Morgan fingerprint density at radius 1 is 0.703 bits per heavy atom. The SMILES string of the molecule is CC1C2(CCCOC2)Oc2ccc(Br)cc2C12N=C(N)N(C)O2.[C-]#[N+]c1cccc(-c2ccc3c(c2)C2(N=C(N)N(C)O2)C(C)C2(CCCOC2)O3)c1.[C-]#[N+]c1cccc(B(O)O)c1. The number of ether oxygens (including phenoxy) is 4. The summed E-state index contributed by atoms with van der Waals surface area (Å²) in [4.78, 5) is 28.7. The standard InChI is InChI=1S/C23H24N4O3.C16H20BrN3O3.C7H6BNO2/c1-15-22(10-5-11-28-14-22)29-20-9-8-17(16-6-4-7-18(12-16)25-2)13-19(20)23(15)26-21(24)27(3)30-23;1-10-15(6-3-7-21-9-15)22-13-5-4-11(17)8-12(13)16(10)19-14(18)20(2)23-16;1-9-7-4-2-3-6(5-7)8(10)11/h4,6-9,12-13,15H,5,10-11,14H2,1,3H3,(H2,24,26);4-5,8,10H,3,6-7,9H2,1-2H3,(H2,18,19);2-5,10-11H. The third-order valence-electron chi connectivity index (χ3n) is 12.9. The van der Waals surface area contributed by atoms with Gasteiger partial charge in [0.15, 0.2) is 11.4 Å². The highest BCUT2D eigenvalue weighted by atomic mass is 79.9. The lowest BCUT2D eigenvalue weighted by atomic mass is 9.72. The van der Waals surface area contributed by atoms with Gasteiger partial charge in [-0.05, 0) is 78.7 Å². The largest absolute Gasteiger partial charge is 0.487 e. The monoisotopic (exact) mass is 932 g/mol. The molecule has 2 fully saturated rings. The molecule has 0 aliphatic carbocycles. The Morgan fingerprint density at radius 2 is 1.20 bits per heavy atom. The lowest BCUT2D eigenvalue weighted by molar-refractivity contribution is -0.247. The van der Waals surface area contributed by atoms with Gasteiger partial charge in [0.05, 0.1) is 49.3 Å². The van der Waals surface area contributed by atoms with Crippen LogP contribution in [-0.4, -0.2) is 90.9 Å². The second-order valence-electron chi connectivity index (χ2n) is 16.7. The van der Waals surface area contributed by atoms with Crippen molar-refractivity contribution in [3.8, 4) is 22.6 Å². The zero-order chi connectivity index (χ0) is 45.4. The van der Waals surface area contributed by atoms with Crippen LogP contribution >= 0.6 is 15.9 Å². The predicted molar refractivity (Wildman–Crippen MR) is 244 cm³/mol. The van der Waals surface area contributed by atoms with Gasteiger partial charge in [-0.15, -0.1) is 0 Å². The Labute approximate surface area is 381 Å². The number of halogens is 1. The third-order valence-corrected chi connectivity index (χ3v) is 13.4. The van der Waals surface area contributed by atoms with Gasteiger partial charge < -0.3 is 40.5 Å². The maximum Gasteiger partial charge on any atom is 0.487 e. The first-order chi connectivity index (χ1) is 30.7. The topological polar surface area (TPSA) is 188 Å². The summed E-state index contributed by atoms with van der Waals surface area (Å²) in [5.74, 6) is 2.06. The van der Waals surface area contributed by atoms with Crippen LogP contribution in [0.15, 0.2) is 99.4 Å². The number of guanidine groups is 2. The van der Waals surface area contributed by atoms with Gasteiger partial charge >= 0.3 is 7.12 Å². The average molecular weight is 934 g/mol. The lowest BCUT2D eigenvalue weighted by Gasteiger charge is -2.51. The Kier molecular flexibility index (Phi) is 12.4. The van der Waals surface area contributed by atoms with E-state index in [1.54, 1.807) is 38.4 Å². The first-order valence-corrected chi connectivity index (χ1v) is 21.8. The zero-order valence-corrected chi connectivity index (χ0v) is 37.6. The molecule has 4 aromatic rings. The van der Waals surface area contributed by atoms with Crippen molar-refractivity contribution >= 4 is 51.8 Å². The van der Waals surface area contributed by atoms with Gasteiger partial charge in [-0.1, -0.05) is 78.3 Å². The molecule has 0 bridgehead atoms. The predicted octanol–water partition coefficient (Wildman–Crippen LogP) is 6.12. The molecule has 64 heavy (non-hydrogen) atoms. The number of rotatable bonds is 2. The van der Waals surface area contributed by atoms with Gasteiger partial charge in [0, 0.05) is 31.8 Å². The number of fused-ring (bicyclic) bond motifs is 4. The number of hydrogen-bond donors (Lipinski definition) is 4. The summed E-state index contributed by atoms with van der Waals surface area (Å²) < 4.78 is 25.5. The van der Waals surface area contributed by atoms with E-state index >= 15 is 0 Å². The number of benzene rings is 4. The highest BCUT2D eigenvalue weighted by Gasteiger charge is 2.62. The van der Waals surface area contributed by atoms with Crippen LogP contribution in [0, 0.1) is 25.0 Å². The summed E-state index contributed by atoms with van der Waals surface area (Å²) in [6.45, 7) is 20.7. The van der Waals surface area contributed by atoms with Gasteiger partial charge in [0.2, 0.25) is 23.4 Å². The maximum absolute atomic E-state index is 8.70. The number of hydroxylamine groups is 4. The van der Waals surface area contributed by atoms with Gasteiger partial charge in [-0.2, -0.15) is 0 Å². The van der Waals surface area contributed by atoms with Gasteiger partial charge in [-0.3, -0.25) is 0 Å². The molecule has 18 heteroatoms. The molecule has 6 unspecified atom stereocenters. The van der Waals surface area contributed by atoms with Crippen molar-refractivity contribution in [2.24, 2.45) is 33.3 Å². The van der Waals surface area contributed by atoms with E-state index in [2.05, 4.69) is 39.5 Å². The molecule has 4 spiro atoms. The highest BCUT2D eigenvalue weighted by Crippen LogP contribution is 2.56. The maximum atomic E-state index is 8.70. The Hall–Kier alpha value is -5.70. The fraction of sp³-hybridized carbons (Fsp3) is 0.391. The molecule has 0 amide bonds. The normalized spacial score (nSPS) is 28.5. The molecular formula is C46H50BBrN8O8. The van der Waals surface area contributed by atoms with E-state index in [9.17, 15) is 0 Å². The van der Waals surface area contributed by atoms with Crippen LogP contribution in [0.3, 0.4) is 0 Å². The molecule has 10 rings (SSSR count). The van der Waals surface area contributed by atoms with Crippen LogP contribution in [0.2, 0.25) is 0 Å². The number of aliphatic imine (C=N–C) groups is 2. The molecule has 0 radical (unpaired) electrons. The van der Waals surface area contributed by atoms with E-state index in [-0.39, 0.29) is 11.8 Å². The van der Waals surface area contributed by atoms with Crippen LogP contribution in [0.5, 0.6) is 11.5 Å². The lowest BCUT2D eigenvalue weighted by Crippen LogP contribution is -2.59. The minimum absolute atomic E-state index is 0.0411. The smallest absolute Gasteiger partial charge is 0.484 e. The average Bonchev–Trinajstić information content (AvgIpc) is 3.79. The fourth-order valence-electron chi connectivity index (χ4n) is 9.28. The quantitative estimate of drug-likeness (QED) is 0.134. The summed E-state index contributed by atoms with van der Waals surface area (Å²) in [5, 5.41) is 20.4. The summed E-state index contributed by atoms with van der Waals surface area (Å²) in [7, 11) is 2.05. The number of nitrogens with two attached hydrogens (primary N) is 2. The molecule has 6 aliphatic heterocycles. The summed E-state index contributed by atoms with van der Waals surface area (Å²) >= 11 is 3.53. The molecule has 0 saturated carbocycles. The summed E-state index contributed by atoms with van der Waals surface area (Å²) in [5.41, 5.74) is 14.4. The third kappa shape index (κ3) is 8.05. The molecule has 6 aliphatic rings.